The summed E-state index contributed by atoms with van der Waals surface area (Å²) in [6.07, 6.45) is -0.574. The van der Waals surface area contributed by atoms with E-state index < -0.39 is 6.10 Å². The van der Waals surface area contributed by atoms with E-state index >= 15 is 0 Å². The Morgan fingerprint density at radius 2 is 1.96 bits per heavy atom. The first-order chi connectivity index (χ1) is 13.5. The van der Waals surface area contributed by atoms with E-state index in [1.165, 1.54) is 6.07 Å². The Labute approximate surface area is 160 Å². The van der Waals surface area contributed by atoms with Gasteiger partial charge in [0.2, 0.25) is 0 Å². The maximum absolute atomic E-state index is 14.0. The minimum atomic E-state index is -0.574. The molecule has 2 heterocycles. The van der Waals surface area contributed by atoms with E-state index in [2.05, 4.69) is 25.6 Å². The molecule has 0 fully saturated rings. The van der Waals surface area contributed by atoms with E-state index in [0.29, 0.717) is 28.4 Å². The summed E-state index contributed by atoms with van der Waals surface area (Å²) < 4.78 is 15.6. The SMILES string of the molecule is Cc1nc(Nc2cccc([C@@H](C)O)c2)c2nnn(Cc3ccccc3F)c2n1. The second kappa shape index (κ2) is 7.32. The van der Waals surface area contributed by atoms with Crippen molar-refractivity contribution < 1.29 is 9.50 Å². The second-order valence-corrected chi connectivity index (χ2v) is 6.56. The molecule has 2 N–H and O–H groups in total. The number of nitrogens with one attached hydrogen (secondary N) is 1. The largest absolute Gasteiger partial charge is 0.389 e. The topological polar surface area (TPSA) is 88.8 Å². The predicted octanol–water partition coefficient (Wildman–Crippen LogP) is 3.51. The molecule has 0 saturated carbocycles. The molecule has 0 aliphatic rings. The molecule has 2 aromatic carbocycles. The molecule has 0 saturated heterocycles. The van der Waals surface area contributed by atoms with Gasteiger partial charge in [-0.2, -0.15) is 0 Å². The molecular weight excluding hydrogens is 359 g/mol. The van der Waals surface area contributed by atoms with Crippen LogP contribution in [0.5, 0.6) is 0 Å². The van der Waals surface area contributed by atoms with Gasteiger partial charge in [-0.25, -0.2) is 19.0 Å². The first-order valence-corrected chi connectivity index (χ1v) is 8.87. The number of anilines is 2. The summed E-state index contributed by atoms with van der Waals surface area (Å²) in [6, 6.07) is 14.0. The Bertz CT molecular complexity index is 1140. The van der Waals surface area contributed by atoms with Crippen LogP contribution >= 0.6 is 0 Å². The molecule has 7 nitrogen and oxygen atoms in total. The van der Waals surface area contributed by atoms with Crippen molar-refractivity contribution in [2.75, 3.05) is 5.32 Å². The van der Waals surface area contributed by atoms with Crippen LogP contribution in [0.25, 0.3) is 11.2 Å². The number of benzene rings is 2. The molecule has 0 aliphatic heterocycles. The monoisotopic (exact) mass is 378 g/mol. The lowest BCUT2D eigenvalue weighted by Gasteiger charge is -2.10. The fourth-order valence-electron chi connectivity index (χ4n) is 2.96. The Morgan fingerprint density at radius 1 is 1.14 bits per heavy atom. The van der Waals surface area contributed by atoms with E-state index in [-0.39, 0.29) is 12.4 Å². The van der Waals surface area contributed by atoms with E-state index in [0.717, 1.165) is 11.3 Å². The average Bonchev–Trinajstić information content (AvgIpc) is 3.06. The van der Waals surface area contributed by atoms with Crippen molar-refractivity contribution >= 4 is 22.7 Å². The molecule has 0 bridgehead atoms. The van der Waals surface area contributed by atoms with Gasteiger partial charge in [0.1, 0.15) is 11.6 Å². The summed E-state index contributed by atoms with van der Waals surface area (Å²) in [6.45, 7) is 3.70. The maximum Gasteiger partial charge on any atom is 0.184 e. The number of rotatable bonds is 5. The normalized spacial score (nSPS) is 12.3. The van der Waals surface area contributed by atoms with Crippen LogP contribution in [0, 0.1) is 12.7 Å². The van der Waals surface area contributed by atoms with Crippen LogP contribution in [0.3, 0.4) is 0 Å². The Kier molecular flexibility index (Phi) is 4.70. The van der Waals surface area contributed by atoms with Gasteiger partial charge in [-0.15, -0.1) is 5.10 Å². The van der Waals surface area contributed by atoms with Crippen molar-refractivity contribution in [2.45, 2.75) is 26.5 Å². The van der Waals surface area contributed by atoms with Crippen LogP contribution in [0.4, 0.5) is 15.9 Å². The van der Waals surface area contributed by atoms with Gasteiger partial charge in [0.15, 0.2) is 17.0 Å². The van der Waals surface area contributed by atoms with Crippen LogP contribution in [-0.2, 0) is 6.54 Å². The van der Waals surface area contributed by atoms with Gasteiger partial charge in [-0.05, 0) is 37.6 Å². The molecule has 0 unspecified atom stereocenters. The Balaban J connectivity index is 1.71. The third-order valence-corrected chi connectivity index (χ3v) is 4.38. The predicted molar refractivity (Wildman–Crippen MR) is 104 cm³/mol. The number of hydrogen-bond donors (Lipinski definition) is 2. The van der Waals surface area contributed by atoms with Gasteiger partial charge in [-0.3, -0.25) is 0 Å². The number of nitrogens with zero attached hydrogens (tertiary/aromatic N) is 5. The lowest BCUT2D eigenvalue weighted by atomic mass is 10.1. The number of aliphatic hydroxyl groups excluding tert-OH is 1. The molecule has 8 heteroatoms. The van der Waals surface area contributed by atoms with Crippen LogP contribution in [0.2, 0.25) is 0 Å². The summed E-state index contributed by atoms with van der Waals surface area (Å²) >= 11 is 0. The molecule has 142 valence electrons. The van der Waals surface area contributed by atoms with Crippen molar-refractivity contribution in [3.8, 4) is 0 Å². The van der Waals surface area contributed by atoms with E-state index in [9.17, 15) is 9.50 Å². The first kappa shape index (κ1) is 18.0. The number of aryl methyl sites for hydroxylation is 1. The average molecular weight is 378 g/mol. The van der Waals surface area contributed by atoms with Gasteiger partial charge in [0.25, 0.3) is 0 Å². The highest BCUT2D eigenvalue weighted by Crippen LogP contribution is 2.24. The van der Waals surface area contributed by atoms with Crippen molar-refractivity contribution in [1.82, 2.24) is 25.0 Å². The van der Waals surface area contributed by atoms with Crippen LogP contribution in [0.15, 0.2) is 48.5 Å². The maximum atomic E-state index is 14.0. The van der Waals surface area contributed by atoms with Crippen molar-refractivity contribution in [3.05, 3.63) is 71.3 Å². The van der Waals surface area contributed by atoms with Gasteiger partial charge in [-0.1, -0.05) is 35.5 Å². The molecule has 28 heavy (non-hydrogen) atoms. The highest BCUT2D eigenvalue weighted by Gasteiger charge is 2.15. The highest BCUT2D eigenvalue weighted by atomic mass is 19.1. The fourth-order valence-corrected chi connectivity index (χ4v) is 2.96. The lowest BCUT2D eigenvalue weighted by Crippen LogP contribution is -2.06. The highest BCUT2D eigenvalue weighted by molar-refractivity contribution is 5.84. The van der Waals surface area contributed by atoms with Crippen LogP contribution in [0.1, 0.15) is 30.0 Å². The third-order valence-electron chi connectivity index (χ3n) is 4.38. The van der Waals surface area contributed by atoms with Crippen molar-refractivity contribution in [3.63, 3.8) is 0 Å². The molecule has 0 amide bonds. The zero-order valence-corrected chi connectivity index (χ0v) is 15.5. The fraction of sp³-hybridized carbons (Fsp3) is 0.200. The molecule has 2 aromatic heterocycles. The van der Waals surface area contributed by atoms with Gasteiger partial charge >= 0.3 is 0 Å². The summed E-state index contributed by atoms with van der Waals surface area (Å²) in [5.74, 6) is 0.744. The van der Waals surface area contributed by atoms with Crippen LogP contribution in [-0.4, -0.2) is 30.1 Å². The zero-order chi connectivity index (χ0) is 19.7. The van der Waals surface area contributed by atoms with Crippen LogP contribution < -0.4 is 5.32 Å². The molecule has 0 radical (unpaired) electrons. The number of fused-ring (bicyclic) bond motifs is 1. The second-order valence-electron chi connectivity index (χ2n) is 6.56. The Hall–Kier alpha value is -3.39. The van der Waals surface area contributed by atoms with E-state index in [4.69, 9.17) is 0 Å². The smallest absolute Gasteiger partial charge is 0.184 e. The summed E-state index contributed by atoms with van der Waals surface area (Å²) in [5.41, 5.74) is 3.07. The summed E-state index contributed by atoms with van der Waals surface area (Å²) in [7, 11) is 0. The Morgan fingerprint density at radius 3 is 2.75 bits per heavy atom. The number of aliphatic hydroxyl groups is 1. The van der Waals surface area contributed by atoms with Crippen molar-refractivity contribution in [2.24, 2.45) is 0 Å². The van der Waals surface area contributed by atoms with Crippen molar-refractivity contribution in [1.29, 1.82) is 0 Å². The number of aromatic nitrogens is 5. The van der Waals surface area contributed by atoms with Gasteiger partial charge in [0, 0.05) is 11.3 Å². The molecule has 0 spiro atoms. The minimum absolute atomic E-state index is 0.219. The quantitative estimate of drug-likeness (QED) is 0.552. The third kappa shape index (κ3) is 3.54. The summed E-state index contributed by atoms with van der Waals surface area (Å²) in [4.78, 5) is 8.87. The number of hydrogen-bond acceptors (Lipinski definition) is 6. The molecule has 4 rings (SSSR count). The van der Waals surface area contributed by atoms with E-state index in [1.807, 2.05) is 24.3 Å². The molecule has 0 aliphatic carbocycles. The van der Waals surface area contributed by atoms with Gasteiger partial charge < -0.3 is 10.4 Å². The summed E-state index contributed by atoms with van der Waals surface area (Å²) in [5, 5.41) is 21.3. The molecular formula is C20H19FN6O. The molecule has 4 aromatic rings. The first-order valence-electron chi connectivity index (χ1n) is 8.87. The standard InChI is InChI=1S/C20H19FN6O/c1-12(28)14-7-5-8-16(10-14)24-19-18-20(23-13(2)22-19)27(26-25-18)11-15-6-3-4-9-17(15)21/h3-10,12,28H,11H2,1-2H3,(H,22,23,24)/t12-/m1/s1. The minimum Gasteiger partial charge on any atom is -0.389 e. The number of halogens is 1. The molecule has 1 atom stereocenters. The lowest BCUT2D eigenvalue weighted by molar-refractivity contribution is 0.199. The zero-order valence-electron chi connectivity index (χ0n) is 15.5. The van der Waals surface area contributed by atoms with E-state index in [1.54, 1.807) is 36.7 Å². The van der Waals surface area contributed by atoms with Gasteiger partial charge in [0.05, 0.1) is 12.6 Å².